The normalized spacial score (nSPS) is 11.3. The largest absolute Gasteiger partial charge is 2.00 e. The van der Waals surface area contributed by atoms with Gasteiger partial charge in [-0.15, -0.1) is 0 Å². The van der Waals surface area contributed by atoms with E-state index in [0.717, 1.165) is 25.7 Å². The Kier molecular flexibility index (Phi) is 16.6. The van der Waals surface area contributed by atoms with Gasteiger partial charge < -0.3 is 0 Å². The molecule has 0 aliphatic heterocycles. The zero-order valence-electron chi connectivity index (χ0n) is 8.61. The summed E-state index contributed by atoms with van der Waals surface area (Å²) >= 11 is 10.9. The molecule has 0 spiro atoms. The number of hydrogen-bond acceptors (Lipinski definition) is 0. The average molecular weight is 332 g/mol. The topological polar surface area (TPSA) is 0 Å². The van der Waals surface area contributed by atoms with Crippen molar-refractivity contribution >= 4 is 23.2 Å². The summed E-state index contributed by atoms with van der Waals surface area (Å²) in [5, 5.41) is 0. The average Bonchev–Trinajstić information content (AvgIpc) is 2.15. The third kappa shape index (κ3) is 16.8. The Labute approximate surface area is 116 Å². The quantitative estimate of drug-likeness (QED) is 0.266. The van der Waals surface area contributed by atoms with E-state index in [1.807, 2.05) is 12.2 Å². The minimum Gasteiger partial charge on any atom is -0.245 e. The molecule has 3 heteroatoms. The van der Waals surface area contributed by atoms with Crippen LogP contribution in [0.1, 0.15) is 25.7 Å². The molecule has 0 aromatic carbocycles. The molecule has 0 heterocycles. The summed E-state index contributed by atoms with van der Waals surface area (Å²) in [6.07, 6.45) is 16.1. The molecule has 0 rings (SSSR count). The summed E-state index contributed by atoms with van der Waals surface area (Å²) in [6, 6.07) is 0. The predicted octanol–water partition coefficient (Wildman–Crippen LogP) is 5.01. The number of hydrogen-bond donors (Lipinski definition) is 0. The third-order valence-corrected chi connectivity index (χ3v) is 1.83. The fourth-order valence-corrected chi connectivity index (χ4v) is 1.09. The van der Waals surface area contributed by atoms with Gasteiger partial charge in [0.2, 0.25) is 0 Å². The van der Waals surface area contributed by atoms with Crippen LogP contribution in [-0.4, -0.2) is 0 Å². The maximum Gasteiger partial charge on any atom is 2.00 e. The molecule has 0 unspecified atom stereocenters. The molecule has 0 atom stereocenters. The van der Waals surface area contributed by atoms with Gasteiger partial charge in [-0.25, -0.2) is 25.2 Å². The first-order valence-corrected chi connectivity index (χ1v) is 5.46. The van der Waals surface area contributed by atoms with Crippen molar-refractivity contribution in [2.24, 2.45) is 0 Å². The minimum atomic E-state index is 0. The second kappa shape index (κ2) is 14.2. The van der Waals surface area contributed by atoms with Crippen molar-refractivity contribution in [1.82, 2.24) is 0 Å². The van der Waals surface area contributed by atoms with Crippen LogP contribution in [0.4, 0.5) is 0 Å². The fraction of sp³-hybridized carbons (Fsp3) is 0.333. The molecule has 0 aliphatic rings. The Bertz CT molecular complexity index is 196. The van der Waals surface area contributed by atoms with Gasteiger partial charge in [-0.05, 0) is 17.7 Å². The van der Waals surface area contributed by atoms with Crippen LogP contribution in [0.5, 0.6) is 0 Å². The van der Waals surface area contributed by atoms with Gasteiger partial charge in [0.05, 0.1) is 0 Å². The van der Waals surface area contributed by atoms with Crippen LogP contribution in [0, 0.1) is 11.8 Å². The van der Waals surface area contributed by atoms with E-state index in [-0.39, 0.29) is 19.5 Å². The van der Waals surface area contributed by atoms with E-state index >= 15 is 0 Å². The van der Waals surface area contributed by atoms with Crippen LogP contribution in [0.3, 0.4) is 0 Å². The van der Waals surface area contributed by atoms with E-state index in [1.165, 1.54) is 0 Å². The molecule has 0 amide bonds. The van der Waals surface area contributed by atoms with E-state index in [0.29, 0.717) is 4.84 Å². The second-order valence-corrected chi connectivity index (χ2v) is 3.80. The summed E-state index contributed by atoms with van der Waals surface area (Å²) in [5.41, 5.74) is 0. The summed E-state index contributed by atoms with van der Waals surface area (Å²) in [7, 11) is 0. The molecular weight excluding hydrogens is 316 g/mol. The van der Waals surface area contributed by atoms with Crippen molar-refractivity contribution < 1.29 is 19.5 Å². The number of allylic oxidation sites excluding steroid dienone is 6. The van der Waals surface area contributed by atoms with Crippen LogP contribution in [-0.2, 0) is 19.5 Å². The Hall–Kier alpha value is 0.163. The monoisotopic (exact) mass is 332 g/mol. The summed E-state index contributed by atoms with van der Waals surface area (Å²) in [4.78, 5) is 0.314. The van der Waals surface area contributed by atoms with Crippen molar-refractivity contribution in [3.8, 4) is 0 Å². The van der Waals surface area contributed by atoms with Gasteiger partial charge in [0.25, 0.3) is 0 Å². The second-order valence-electron chi connectivity index (χ2n) is 2.79. The Morgan fingerprint density at radius 3 is 1.80 bits per heavy atom. The van der Waals surface area contributed by atoms with E-state index in [4.69, 9.17) is 23.2 Å². The summed E-state index contributed by atoms with van der Waals surface area (Å²) < 4.78 is 0. The first-order chi connectivity index (χ1) is 6.77. The maximum absolute atomic E-state index is 5.44. The van der Waals surface area contributed by atoms with Gasteiger partial charge in [-0.1, -0.05) is 25.0 Å². The molecule has 86 valence electrons. The predicted molar refractivity (Wildman–Crippen MR) is 66.2 cm³/mol. The minimum absolute atomic E-state index is 0. The van der Waals surface area contributed by atoms with E-state index in [9.17, 15) is 0 Å². The first kappa shape index (κ1) is 17.6. The van der Waals surface area contributed by atoms with E-state index < -0.39 is 0 Å². The van der Waals surface area contributed by atoms with Gasteiger partial charge in [-0.3, -0.25) is 0 Å². The van der Waals surface area contributed by atoms with Crippen LogP contribution < -0.4 is 0 Å². The molecule has 0 N–H and O–H groups in total. The molecule has 0 saturated heterocycles. The molecule has 0 aliphatic carbocycles. The summed E-state index contributed by atoms with van der Waals surface area (Å²) in [5.74, 6) is 0. The first-order valence-electron chi connectivity index (χ1n) is 4.71. The standard InChI is InChI=1S/C12H16Cl2.Ru/c1-2-3-4-5-6-7-8-9-10-11-12(13)14;/h2-3,6-7,10-11H,1,4-5,8-9H2;/q-2;+2/b3-2-,7-6+,11-10+;. The molecule has 0 fully saturated rings. The van der Waals surface area contributed by atoms with Crippen LogP contribution in [0.2, 0.25) is 0 Å². The molecule has 0 bridgehead atoms. The number of halogens is 2. The van der Waals surface area contributed by atoms with Crippen molar-refractivity contribution in [2.75, 3.05) is 0 Å². The van der Waals surface area contributed by atoms with Crippen LogP contribution >= 0.6 is 23.2 Å². The Morgan fingerprint density at radius 1 is 0.867 bits per heavy atom. The Morgan fingerprint density at radius 2 is 1.33 bits per heavy atom. The molecule has 0 aromatic heterocycles. The van der Waals surface area contributed by atoms with Crippen molar-refractivity contribution in [3.05, 3.63) is 48.2 Å². The fourth-order valence-electron chi connectivity index (χ4n) is 0.911. The summed E-state index contributed by atoms with van der Waals surface area (Å²) in [6.45, 7) is 3.62. The van der Waals surface area contributed by atoms with Crippen molar-refractivity contribution in [1.29, 1.82) is 0 Å². The number of unbranched alkanes of at least 4 members (excludes halogenated alkanes) is 2. The third-order valence-electron chi connectivity index (χ3n) is 1.58. The maximum atomic E-state index is 5.44. The molecule has 15 heavy (non-hydrogen) atoms. The van der Waals surface area contributed by atoms with Crippen molar-refractivity contribution in [3.63, 3.8) is 0 Å². The van der Waals surface area contributed by atoms with Gasteiger partial charge >= 0.3 is 19.5 Å². The van der Waals surface area contributed by atoms with E-state index in [1.54, 1.807) is 6.08 Å². The van der Waals surface area contributed by atoms with Gasteiger partial charge in [0.15, 0.2) is 0 Å². The van der Waals surface area contributed by atoms with Gasteiger partial charge in [-0.2, -0.15) is 29.3 Å². The Balaban J connectivity index is 0. The van der Waals surface area contributed by atoms with Gasteiger partial charge in [0.1, 0.15) is 0 Å². The van der Waals surface area contributed by atoms with E-state index in [2.05, 4.69) is 25.2 Å². The van der Waals surface area contributed by atoms with Crippen molar-refractivity contribution in [2.45, 2.75) is 25.7 Å². The molecule has 0 radical (unpaired) electrons. The smallest absolute Gasteiger partial charge is 0.245 e. The molecule has 0 saturated carbocycles. The van der Waals surface area contributed by atoms with Gasteiger partial charge in [0, 0.05) is 0 Å². The molecule has 0 nitrogen and oxygen atoms in total. The molecule has 0 aromatic rings. The zero-order chi connectivity index (χ0) is 10.6. The van der Waals surface area contributed by atoms with Crippen LogP contribution in [0.25, 0.3) is 0 Å². The number of rotatable bonds is 7. The zero-order valence-corrected chi connectivity index (χ0v) is 11.9. The SMILES string of the molecule is [CH2-]/C=C\CC/C=C/CC/C=C/[C-](Cl)Cl.[Ru+2]. The molecular formula is C12H16Cl2Ru. The van der Waals surface area contributed by atoms with Crippen LogP contribution in [0.15, 0.2) is 36.5 Å².